The number of carbonyl (C=O) groups excluding carboxylic acids is 1. The molecule has 0 spiro atoms. The first-order valence-corrected chi connectivity index (χ1v) is 7.51. The second-order valence-corrected chi connectivity index (χ2v) is 5.34. The van der Waals surface area contributed by atoms with Crippen LogP contribution in [0.15, 0.2) is 54.6 Å². The minimum Gasteiger partial charge on any atom is -0.331 e. The maximum atomic E-state index is 11.8. The van der Waals surface area contributed by atoms with Gasteiger partial charge in [0.25, 0.3) is 0 Å². The molecule has 2 aromatic rings. The molecule has 0 heterocycles. The van der Waals surface area contributed by atoms with Gasteiger partial charge in [-0.1, -0.05) is 48.5 Å². The highest BCUT2D eigenvalue weighted by atomic mass is 32.1. The maximum absolute atomic E-state index is 11.8. The number of hydrazine groups is 1. The molecule has 0 bridgehead atoms. The van der Waals surface area contributed by atoms with E-state index in [-0.39, 0.29) is 5.91 Å². The molecule has 0 atom stereocenters. The molecule has 0 aliphatic heterocycles. The lowest BCUT2D eigenvalue weighted by Gasteiger charge is -2.13. The second kappa shape index (κ2) is 8.14. The van der Waals surface area contributed by atoms with Gasteiger partial charge in [0.2, 0.25) is 5.91 Å². The Bertz CT molecular complexity index is 643. The lowest BCUT2D eigenvalue weighted by atomic mass is 10.1. The fraction of sp³-hybridized carbons (Fsp3) is 0.176. The van der Waals surface area contributed by atoms with E-state index in [0.29, 0.717) is 18.0 Å². The van der Waals surface area contributed by atoms with Gasteiger partial charge >= 0.3 is 0 Å². The number of nitrogens with one attached hydrogen (secondary N) is 3. The number of para-hydroxylation sites is 1. The normalized spacial score (nSPS) is 9.86. The van der Waals surface area contributed by atoms with Gasteiger partial charge in [-0.15, -0.1) is 0 Å². The van der Waals surface area contributed by atoms with Gasteiger partial charge in [0.1, 0.15) is 0 Å². The molecule has 0 saturated heterocycles. The van der Waals surface area contributed by atoms with Crippen molar-refractivity contribution in [1.82, 2.24) is 10.9 Å². The minimum absolute atomic E-state index is 0.0993. The van der Waals surface area contributed by atoms with Crippen LogP contribution in [0.25, 0.3) is 0 Å². The minimum atomic E-state index is -0.0993. The summed E-state index contributed by atoms with van der Waals surface area (Å²) in [6.07, 6.45) is 1.11. The Morgan fingerprint density at radius 3 is 2.41 bits per heavy atom. The first-order chi connectivity index (χ1) is 10.6. The van der Waals surface area contributed by atoms with E-state index in [4.69, 9.17) is 12.2 Å². The molecule has 2 rings (SSSR count). The van der Waals surface area contributed by atoms with E-state index in [2.05, 4.69) is 16.2 Å². The van der Waals surface area contributed by atoms with Crippen LogP contribution < -0.4 is 16.2 Å². The number of rotatable bonds is 4. The molecular weight excluding hydrogens is 294 g/mol. The monoisotopic (exact) mass is 313 g/mol. The zero-order valence-corrected chi connectivity index (χ0v) is 13.2. The van der Waals surface area contributed by atoms with Crippen LogP contribution in [-0.2, 0) is 11.2 Å². The van der Waals surface area contributed by atoms with E-state index < -0.39 is 0 Å². The van der Waals surface area contributed by atoms with Gasteiger partial charge < -0.3 is 5.32 Å². The van der Waals surface area contributed by atoms with Crippen molar-refractivity contribution < 1.29 is 4.79 Å². The molecule has 0 aliphatic rings. The summed E-state index contributed by atoms with van der Waals surface area (Å²) in [5.74, 6) is -0.0993. The third-order valence-corrected chi connectivity index (χ3v) is 3.40. The largest absolute Gasteiger partial charge is 0.331 e. The van der Waals surface area contributed by atoms with Crippen molar-refractivity contribution in [2.24, 2.45) is 0 Å². The van der Waals surface area contributed by atoms with Crippen molar-refractivity contribution in [2.45, 2.75) is 19.8 Å². The molecule has 0 fully saturated rings. The Balaban J connectivity index is 1.72. The van der Waals surface area contributed by atoms with Crippen molar-refractivity contribution >= 4 is 28.9 Å². The SMILES string of the molecule is Cc1ccccc1NC(=S)NNC(=O)CCc1ccccc1. The summed E-state index contributed by atoms with van der Waals surface area (Å²) in [7, 11) is 0. The molecule has 1 amide bonds. The van der Waals surface area contributed by atoms with Crippen LogP contribution in [0.4, 0.5) is 5.69 Å². The van der Waals surface area contributed by atoms with E-state index in [1.807, 2.05) is 61.5 Å². The Kier molecular flexibility index (Phi) is 5.91. The summed E-state index contributed by atoms with van der Waals surface area (Å²) in [4.78, 5) is 11.8. The first kappa shape index (κ1) is 16.0. The molecule has 0 aliphatic carbocycles. The topological polar surface area (TPSA) is 53.2 Å². The van der Waals surface area contributed by atoms with E-state index in [1.54, 1.807) is 0 Å². The van der Waals surface area contributed by atoms with Gasteiger partial charge in [-0.05, 0) is 42.8 Å². The summed E-state index contributed by atoms with van der Waals surface area (Å²) in [5.41, 5.74) is 8.45. The van der Waals surface area contributed by atoms with Gasteiger partial charge in [0.15, 0.2) is 5.11 Å². The lowest BCUT2D eigenvalue weighted by molar-refractivity contribution is -0.121. The number of anilines is 1. The Labute approximate surface area is 135 Å². The molecule has 3 N–H and O–H groups in total. The zero-order valence-electron chi connectivity index (χ0n) is 12.4. The van der Waals surface area contributed by atoms with Crippen molar-refractivity contribution in [3.05, 3.63) is 65.7 Å². The van der Waals surface area contributed by atoms with E-state index in [0.717, 1.165) is 16.8 Å². The second-order valence-electron chi connectivity index (χ2n) is 4.93. The number of amides is 1. The quantitative estimate of drug-likeness (QED) is 0.600. The summed E-state index contributed by atoms with van der Waals surface area (Å²) >= 11 is 5.15. The molecule has 0 radical (unpaired) electrons. The lowest BCUT2D eigenvalue weighted by Crippen LogP contribution is -2.43. The van der Waals surface area contributed by atoms with Gasteiger partial charge in [0, 0.05) is 12.1 Å². The molecule has 5 heteroatoms. The summed E-state index contributed by atoms with van der Waals surface area (Å²) < 4.78 is 0. The van der Waals surface area contributed by atoms with Crippen molar-refractivity contribution in [2.75, 3.05) is 5.32 Å². The highest BCUT2D eigenvalue weighted by Crippen LogP contribution is 2.12. The van der Waals surface area contributed by atoms with E-state index in [1.165, 1.54) is 0 Å². The number of hydrogen-bond acceptors (Lipinski definition) is 2. The van der Waals surface area contributed by atoms with Crippen molar-refractivity contribution in [1.29, 1.82) is 0 Å². The van der Waals surface area contributed by atoms with Crippen LogP contribution in [0.3, 0.4) is 0 Å². The number of benzene rings is 2. The molecule has 0 saturated carbocycles. The van der Waals surface area contributed by atoms with Crippen LogP contribution >= 0.6 is 12.2 Å². The highest BCUT2D eigenvalue weighted by Gasteiger charge is 2.04. The van der Waals surface area contributed by atoms with E-state index in [9.17, 15) is 4.79 Å². The fourth-order valence-electron chi connectivity index (χ4n) is 1.96. The van der Waals surface area contributed by atoms with Gasteiger partial charge in [0.05, 0.1) is 0 Å². The summed E-state index contributed by atoms with van der Waals surface area (Å²) in [6, 6.07) is 17.7. The summed E-state index contributed by atoms with van der Waals surface area (Å²) in [5, 5.41) is 3.41. The molecular formula is C17H19N3OS. The number of hydrogen-bond donors (Lipinski definition) is 3. The highest BCUT2D eigenvalue weighted by molar-refractivity contribution is 7.80. The fourth-order valence-corrected chi connectivity index (χ4v) is 2.12. The smallest absolute Gasteiger partial charge is 0.238 e. The molecule has 114 valence electrons. The third kappa shape index (κ3) is 5.18. The van der Waals surface area contributed by atoms with E-state index >= 15 is 0 Å². The Morgan fingerprint density at radius 2 is 1.68 bits per heavy atom. The van der Waals surface area contributed by atoms with Gasteiger partial charge in [-0.3, -0.25) is 15.6 Å². The van der Waals surface area contributed by atoms with Crippen LogP contribution in [0.2, 0.25) is 0 Å². The molecule has 2 aromatic carbocycles. The summed E-state index contributed by atoms with van der Waals surface area (Å²) in [6.45, 7) is 1.99. The van der Waals surface area contributed by atoms with Gasteiger partial charge in [-0.25, -0.2) is 0 Å². The number of aryl methyl sites for hydroxylation is 2. The molecule has 4 nitrogen and oxygen atoms in total. The standard InChI is InChI=1S/C17H19N3OS/c1-13-7-5-6-10-15(13)18-17(22)20-19-16(21)12-11-14-8-3-2-4-9-14/h2-10H,11-12H2,1H3,(H,19,21)(H2,18,20,22). The average molecular weight is 313 g/mol. The molecule has 22 heavy (non-hydrogen) atoms. The number of thiocarbonyl (C=S) groups is 1. The van der Waals surface area contributed by atoms with Crippen LogP contribution in [-0.4, -0.2) is 11.0 Å². The Hall–Kier alpha value is -2.40. The predicted octanol–water partition coefficient (Wildman–Crippen LogP) is 2.95. The zero-order chi connectivity index (χ0) is 15.8. The number of carbonyl (C=O) groups is 1. The first-order valence-electron chi connectivity index (χ1n) is 7.10. The van der Waals surface area contributed by atoms with Crippen LogP contribution in [0, 0.1) is 6.92 Å². The van der Waals surface area contributed by atoms with Crippen molar-refractivity contribution in [3.8, 4) is 0 Å². The van der Waals surface area contributed by atoms with Crippen LogP contribution in [0.1, 0.15) is 17.5 Å². The average Bonchev–Trinajstić information content (AvgIpc) is 2.54. The van der Waals surface area contributed by atoms with Crippen LogP contribution in [0.5, 0.6) is 0 Å². The molecule has 0 aromatic heterocycles. The van der Waals surface area contributed by atoms with Crippen molar-refractivity contribution in [3.63, 3.8) is 0 Å². The Morgan fingerprint density at radius 1 is 1.00 bits per heavy atom. The maximum Gasteiger partial charge on any atom is 0.238 e. The third-order valence-electron chi connectivity index (χ3n) is 3.19. The van der Waals surface area contributed by atoms with Gasteiger partial charge in [-0.2, -0.15) is 0 Å². The molecule has 0 unspecified atom stereocenters. The predicted molar refractivity (Wildman–Crippen MR) is 93.4 cm³/mol.